The molecule has 55 valence electrons. The largest absolute Gasteiger partial charge is 0.328 e. The van der Waals surface area contributed by atoms with Gasteiger partial charge in [-0.1, -0.05) is 13.8 Å². The Morgan fingerprint density at radius 2 is 2.11 bits per heavy atom. The minimum Gasteiger partial charge on any atom is -0.324 e. The molecule has 4 heteroatoms. The fraction of sp³-hybridized carbons (Fsp3) is 0.800. The molecule has 0 aromatic heterocycles. The van der Waals surface area contributed by atoms with E-state index in [0.717, 1.165) is 0 Å². The molecule has 3 nitrogen and oxygen atoms in total. The van der Waals surface area contributed by atoms with E-state index in [-0.39, 0.29) is 0 Å². The van der Waals surface area contributed by atoms with Gasteiger partial charge in [0, 0.05) is 0 Å². The van der Waals surface area contributed by atoms with Gasteiger partial charge >= 0.3 is 7.60 Å². The first-order valence-corrected chi connectivity index (χ1v) is 4.55. The van der Waals surface area contributed by atoms with Crippen molar-refractivity contribution in [1.82, 2.24) is 0 Å². The smallest absolute Gasteiger partial charge is 0.324 e. The molecule has 0 aliphatic rings. The van der Waals surface area contributed by atoms with Gasteiger partial charge in [-0.2, -0.15) is 0 Å². The summed E-state index contributed by atoms with van der Waals surface area (Å²) >= 11 is 0. The summed E-state index contributed by atoms with van der Waals surface area (Å²) in [5.74, 6) is 0. The maximum atomic E-state index is 10.4. The van der Waals surface area contributed by atoms with Crippen LogP contribution in [0.15, 0.2) is 0 Å². The predicted molar refractivity (Wildman–Crippen MR) is 36.1 cm³/mol. The van der Waals surface area contributed by atoms with E-state index < -0.39 is 13.3 Å². The highest BCUT2D eigenvalue weighted by atomic mass is 31.2. The van der Waals surface area contributed by atoms with E-state index in [4.69, 9.17) is 9.79 Å². The Morgan fingerprint density at radius 3 is 2.11 bits per heavy atom. The molecule has 1 atom stereocenters. The molecule has 0 rings (SSSR count). The molecule has 0 aliphatic heterocycles. The van der Waals surface area contributed by atoms with Crippen molar-refractivity contribution in [2.45, 2.75) is 25.4 Å². The van der Waals surface area contributed by atoms with Crippen LogP contribution in [0.25, 0.3) is 0 Å². The molecule has 0 amide bonds. The van der Waals surface area contributed by atoms with Crippen LogP contribution in [0.4, 0.5) is 0 Å². The third kappa shape index (κ3) is 2.99. The Morgan fingerprint density at radius 1 is 1.67 bits per heavy atom. The lowest BCUT2D eigenvalue weighted by Gasteiger charge is -2.12. The molecular weight excluding hydrogens is 139 g/mol. The summed E-state index contributed by atoms with van der Waals surface area (Å²) in [6.07, 6.45) is 0.800. The molecule has 9 heavy (non-hydrogen) atoms. The molecule has 0 saturated heterocycles. The highest BCUT2D eigenvalue weighted by molar-refractivity contribution is 7.52. The quantitative estimate of drug-likeness (QED) is 0.595. The SMILES string of the molecule is [CH2]CC(CC)P(=O)(O)O. The van der Waals surface area contributed by atoms with Crippen molar-refractivity contribution in [3.63, 3.8) is 0 Å². The number of hydrogen-bond acceptors (Lipinski definition) is 1. The molecule has 1 radical (unpaired) electrons. The van der Waals surface area contributed by atoms with Crippen LogP contribution < -0.4 is 0 Å². The fourth-order valence-corrected chi connectivity index (χ4v) is 1.42. The molecule has 1 unspecified atom stereocenters. The predicted octanol–water partition coefficient (Wildman–Crippen LogP) is 1.17. The molecule has 0 bridgehead atoms. The molecule has 0 fully saturated rings. The van der Waals surface area contributed by atoms with Gasteiger partial charge in [-0.25, -0.2) is 0 Å². The molecule has 0 heterocycles. The Balaban J connectivity index is 3.96. The Labute approximate surface area is 55.3 Å². The van der Waals surface area contributed by atoms with Gasteiger partial charge in [0.25, 0.3) is 0 Å². The number of hydrogen-bond donors (Lipinski definition) is 2. The van der Waals surface area contributed by atoms with Gasteiger partial charge in [0.1, 0.15) is 0 Å². The maximum absolute atomic E-state index is 10.4. The van der Waals surface area contributed by atoms with Gasteiger partial charge in [-0.3, -0.25) is 4.57 Å². The fourth-order valence-electron chi connectivity index (χ4n) is 0.610. The third-order valence-corrected chi connectivity index (χ3v) is 2.85. The lowest BCUT2D eigenvalue weighted by Crippen LogP contribution is -2.04. The first-order valence-electron chi connectivity index (χ1n) is 2.86. The van der Waals surface area contributed by atoms with Crippen molar-refractivity contribution in [3.8, 4) is 0 Å². The van der Waals surface area contributed by atoms with Gasteiger partial charge < -0.3 is 9.79 Å². The third-order valence-electron chi connectivity index (χ3n) is 1.28. The second-order valence-corrected chi connectivity index (χ2v) is 3.85. The van der Waals surface area contributed by atoms with E-state index in [1.807, 2.05) is 0 Å². The van der Waals surface area contributed by atoms with E-state index in [9.17, 15) is 4.57 Å². The molecule has 0 aromatic carbocycles. The summed E-state index contributed by atoms with van der Waals surface area (Å²) in [6, 6.07) is 0. The first-order chi connectivity index (χ1) is 4.02. The Hall–Kier alpha value is 0.150. The van der Waals surface area contributed by atoms with Crippen LogP contribution in [-0.2, 0) is 4.57 Å². The van der Waals surface area contributed by atoms with Gasteiger partial charge in [-0.05, 0) is 12.8 Å². The first kappa shape index (κ1) is 9.15. The summed E-state index contributed by atoms with van der Waals surface area (Å²) in [7, 11) is -3.84. The average molecular weight is 151 g/mol. The second kappa shape index (κ2) is 3.35. The van der Waals surface area contributed by atoms with Crippen molar-refractivity contribution in [2.75, 3.05) is 0 Å². The molecular formula is C5H12O3P. The van der Waals surface area contributed by atoms with Crippen LogP contribution >= 0.6 is 7.60 Å². The van der Waals surface area contributed by atoms with E-state index in [2.05, 4.69) is 6.92 Å². The summed E-state index contributed by atoms with van der Waals surface area (Å²) in [4.78, 5) is 17.1. The van der Waals surface area contributed by atoms with Crippen LogP contribution in [0.2, 0.25) is 0 Å². The summed E-state index contributed by atoms with van der Waals surface area (Å²) in [5, 5.41) is 0. The second-order valence-electron chi connectivity index (χ2n) is 1.94. The highest BCUT2D eigenvalue weighted by Gasteiger charge is 2.24. The topological polar surface area (TPSA) is 57.5 Å². The summed E-state index contributed by atoms with van der Waals surface area (Å²) in [5.41, 5.74) is -0.544. The molecule has 0 aromatic rings. The van der Waals surface area contributed by atoms with Gasteiger partial charge in [0.05, 0.1) is 5.66 Å². The minimum atomic E-state index is -3.84. The van der Waals surface area contributed by atoms with Crippen molar-refractivity contribution < 1.29 is 14.4 Å². The van der Waals surface area contributed by atoms with Crippen LogP contribution in [-0.4, -0.2) is 15.4 Å². The minimum absolute atomic E-state index is 0.306. The normalized spacial score (nSPS) is 12.6. The lowest BCUT2D eigenvalue weighted by molar-refractivity contribution is 0.355. The van der Waals surface area contributed by atoms with Crippen LogP contribution in [0, 0.1) is 6.92 Å². The highest BCUT2D eigenvalue weighted by Crippen LogP contribution is 2.44. The van der Waals surface area contributed by atoms with Crippen LogP contribution in [0.1, 0.15) is 19.8 Å². The van der Waals surface area contributed by atoms with E-state index in [1.54, 1.807) is 6.92 Å². The van der Waals surface area contributed by atoms with E-state index in [0.29, 0.717) is 12.8 Å². The zero-order valence-corrected chi connectivity index (χ0v) is 6.34. The zero-order chi connectivity index (χ0) is 7.49. The van der Waals surface area contributed by atoms with Gasteiger partial charge in [-0.15, -0.1) is 0 Å². The Bertz CT molecular complexity index is 113. The van der Waals surface area contributed by atoms with Gasteiger partial charge in [0.2, 0.25) is 0 Å². The standard InChI is InChI=1S/C5H12O3P/c1-3-5(4-2)9(6,7)8/h5H,1,3-4H2,2H3,(H2,6,7,8). The lowest BCUT2D eigenvalue weighted by atomic mass is 10.3. The van der Waals surface area contributed by atoms with E-state index >= 15 is 0 Å². The zero-order valence-electron chi connectivity index (χ0n) is 5.45. The monoisotopic (exact) mass is 151 g/mol. The van der Waals surface area contributed by atoms with Crippen molar-refractivity contribution in [3.05, 3.63) is 6.92 Å². The van der Waals surface area contributed by atoms with Gasteiger partial charge in [0.15, 0.2) is 0 Å². The van der Waals surface area contributed by atoms with Crippen molar-refractivity contribution >= 4 is 7.60 Å². The van der Waals surface area contributed by atoms with E-state index in [1.165, 1.54) is 0 Å². The Kier molecular flexibility index (Phi) is 3.41. The maximum Gasteiger partial charge on any atom is 0.328 e. The van der Waals surface area contributed by atoms with Crippen LogP contribution in [0.5, 0.6) is 0 Å². The van der Waals surface area contributed by atoms with Crippen molar-refractivity contribution in [1.29, 1.82) is 0 Å². The number of rotatable bonds is 3. The molecule has 0 spiro atoms. The van der Waals surface area contributed by atoms with Crippen molar-refractivity contribution in [2.24, 2.45) is 0 Å². The molecule has 0 saturated carbocycles. The van der Waals surface area contributed by atoms with Crippen LogP contribution in [0.3, 0.4) is 0 Å². The molecule has 2 N–H and O–H groups in total. The summed E-state index contributed by atoms with van der Waals surface area (Å²) < 4.78 is 10.4. The molecule has 0 aliphatic carbocycles. The summed E-state index contributed by atoms with van der Waals surface area (Å²) in [6.45, 7) is 5.18. The average Bonchev–Trinajstić information content (AvgIpc) is 1.65.